The highest BCUT2D eigenvalue weighted by Crippen LogP contribution is 2.38. The second-order valence-corrected chi connectivity index (χ2v) is 6.18. The van der Waals surface area contributed by atoms with Crippen molar-refractivity contribution in [1.29, 1.82) is 0 Å². The minimum atomic E-state index is 0.529. The molecule has 1 aliphatic rings. The summed E-state index contributed by atoms with van der Waals surface area (Å²) in [5, 5.41) is 7.04. The van der Waals surface area contributed by atoms with Crippen molar-refractivity contribution in [2.24, 2.45) is 0 Å². The molecule has 3 heteroatoms. The van der Waals surface area contributed by atoms with Gasteiger partial charge in [-0.1, -0.05) is 31.2 Å². The van der Waals surface area contributed by atoms with E-state index in [1.54, 1.807) is 11.3 Å². The zero-order valence-corrected chi connectivity index (χ0v) is 12.1. The average Bonchev–Trinajstić information content (AvgIpc) is 2.90. The quantitative estimate of drug-likeness (QED) is 0.872. The maximum Gasteiger partial charge on any atom is 0.0940 e. The topological polar surface area (TPSA) is 24.9 Å². The van der Waals surface area contributed by atoms with Crippen molar-refractivity contribution in [3.8, 4) is 0 Å². The fraction of sp³-hybridized carbons (Fsp3) is 0.438. The summed E-state index contributed by atoms with van der Waals surface area (Å²) in [6.45, 7) is 3.32. The molecule has 100 valence electrons. The molecule has 1 heterocycles. The number of rotatable bonds is 6. The van der Waals surface area contributed by atoms with Crippen molar-refractivity contribution in [3.63, 3.8) is 0 Å². The number of aromatic nitrogens is 1. The number of hydrogen-bond acceptors (Lipinski definition) is 3. The molecule has 0 fully saturated rings. The van der Waals surface area contributed by atoms with E-state index in [9.17, 15) is 0 Å². The fourth-order valence-corrected chi connectivity index (χ4v) is 3.56. The summed E-state index contributed by atoms with van der Waals surface area (Å²) in [4.78, 5) is 4.44. The molecular weight excluding hydrogens is 252 g/mol. The SMILES string of the molecule is CCCNC(Cc1nccs1)C1Cc2ccccc21. The number of nitrogens with zero attached hydrogens (tertiary/aromatic N) is 1. The van der Waals surface area contributed by atoms with Gasteiger partial charge in [-0.3, -0.25) is 0 Å². The number of fused-ring (bicyclic) bond motifs is 1. The van der Waals surface area contributed by atoms with E-state index in [0.29, 0.717) is 12.0 Å². The van der Waals surface area contributed by atoms with Crippen molar-refractivity contribution < 1.29 is 0 Å². The third kappa shape index (κ3) is 2.72. The van der Waals surface area contributed by atoms with Crippen LogP contribution in [0.2, 0.25) is 0 Å². The Labute approximate surface area is 118 Å². The van der Waals surface area contributed by atoms with Gasteiger partial charge in [0.05, 0.1) is 5.01 Å². The number of benzene rings is 1. The monoisotopic (exact) mass is 272 g/mol. The Hall–Kier alpha value is -1.19. The molecule has 2 aromatic rings. The largest absolute Gasteiger partial charge is 0.313 e. The Kier molecular flexibility index (Phi) is 3.95. The normalized spacial score (nSPS) is 18.7. The minimum Gasteiger partial charge on any atom is -0.313 e. The van der Waals surface area contributed by atoms with Crippen molar-refractivity contribution in [1.82, 2.24) is 10.3 Å². The highest BCUT2D eigenvalue weighted by molar-refractivity contribution is 7.09. The van der Waals surface area contributed by atoms with E-state index in [0.717, 1.165) is 13.0 Å². The zero-order chi connectivity index (χ0) is 13.1. The molecule has 3 rings (SSSR count). The molecule has 1 aromatic carbocycles. The molecule has 0 amide bonds. The summed E-state index contributed by atoms with van der Waals surface area (Å²) < 4.78 is 0. The van der Waals surface area contributed by atoms with Gasteiger partial charge in [-0.2, -0.15) is 0 Å². The van der Waals surface area contributed by atoms with Crippen LogP contribution in [0.4, 0.5) is 0 Å². The van der Waals surface area contributed by atoms with Crippen LogP contribution in [0.3, 0.4) is 0 Å². The second kappa shape index (κ2) is 5.85. The van der Waals surface area contributed by atoms with E-state index in [1.165, 1.54) is 29.0 Å². The summed E-state index contributed by atoms with van der Waals surface area (Å²) in [6, 6.07) is 9.37. The van der Waals surface area contributed by atoms with Crippen molar-refractivity contribution in [2.75, 3.05) is 6.54 Å². The first-order chi connectivity index (χ1) is 9.38. The predicted molar refractivity (Wildman–Crippen MR) is 80.8 cm³/mol. The van der Waals surface area contributed by atoms with Crippen LogP contribution in [0, 0.1) is 0 Å². The first-order valence-corrected chi connectivity index (χ1v) is 7.96. The lowest BCUT2D eigenvalue weighted by Gasteiger charge is -2.37. The highest BCUT2D eigenvalue weighted by Gasteiger charge is 2.32. The van der Waals surface area contributed by atoms with Gasteiger partial charge in [0.15, 0.2) is 0 Å². The summed E-state index contributed by atoms with van der Waals surface area (Å²) in [5.41, 5.74) is 3.06. The molecule has 1 N–H and O–H groups in total. The molecule has 2 nitrogen and oxygen atoms in total. The summed E-state index contributed by atoms with van der Waals surface area (Å²) in [7, 11) is 0. The van der Waals surface area contributed by atoms with E-state index in [2.05, 4.69) is 46.9 Å². The van der Waals surface area contributed by atoms with Crippen LogP contribution >= 0.6 is 11.3 Å². The van der Waals surface area contributed by atoms with Crippen molar-refractivity contribution >= 4 is 11.3 Å². The van der Waals surface area contributed by atoms with Crippen LogP contribution < -0.4 is 5.32 Å². The molecule has 0 saturated heterocycles. The molecule has 0 radical (unpaired) electrons. The van der Waals surface area contributed by atoms with E-state index in [4.69, 9.17) is 0 Å². The Morgan fingerprint density at radius 3 is 3.05 bits per heavy atom. The first-order valence-electron chi connectivity index (χ1n) is 7.08. The fourth-order valence-electron chi connectivity index (χ4n) is 2.88. The maximum absolute atomic E-state index is 4.44. The molecule has 0 bridgehead atoms. The number of nitrogens with one attached hydrogen (secondary N) is 1. The molecule has 0 aliphatic heterocycles. The molecule has 0 spiro atoms. The van der Waals surface area contributed by atoms with Crippen molar-refractivity contribution in [2.45, 2.75) is 38.1 Å². The zero-order valence-electron chi connectivity index (χ0n) is 11.3. The summed E-state index contributed by atoms with van der Waals surface area (Å²) in [6.07, 6.45) is 5.36. The second-order valence-electron chi connectivity index (χ2n) is 5.20. The van der Waals surface area contributed by atoms with Crippen molar-refractivity contribution in [3.05, 3.63) is 52.0 Å². The van der Waals surface area contributed by atoms with E-state index >= 15 is 0 Å². The minimum absolute atomic E-state index is 0.529. The molecule has 0 saturated carbocycles. The lowest BCUT2D eigenvalue weighted by atomic mass is 9.72. The van der Waals surface area contributed by atoms with Crippen LogP contribution in [-0.4, -0.2) is 17.6 Å². The van der Waals surface area contributed by atoms with Gasteiger partial charge in [-0.25, -0.2) is 4.98 Å². The smallest absolute Gasteiger partial charge is 0.0940 e. The lowest BCUT2D eigenvalue weighted by Crippen LogP contribution is -2.41. The van der Waals surface area contributed by atoms with Gasteiger partial charge in [-0.15, -0.1) is 11.3 Å². The Morgan fingerprint density at radius 2 is 2.32 bits per heavy atom. The van der Waals surface area contributed by atoms with E-state index in [-0.39, 0.29) is 0 Å². The van der Waals surface area contributed by atoms with Gasteiger partial charge in [0, 0.05) is 30.0 Å². The Morgan fingerprint density at radius 1 is 1.42 bits per heavy atom. The number of hydrogen-bond donors (Lipinski definition) is 1. The molecule has 19 heavy (non-hydrogen) atoms. The Bertz CT molecular complexity index is 521. The highest BCUT2D eigenvalue weighted by atomic mass is 32.1. The third-order valence-corrected chi connectivity index (χ3v) is 4.72. The first kappa shape index (κ1) is 12.8. The van der Waals surface area contributed by atoms with Gasteiger partial charge in [0.2, 0.25) is 0 Å². The summed E-state index contributed by atoms with van der Waals surface area (Å²) in [5.74, 6) is 0.659. The van der Waals surface area contributed by atoms with Crippen LogP contribution in [0.5, 0.6) is 0 Å². The molecule has 1 aromatic heterocycles. The van der Waals surface area contributed by atoms with Gasteiger partial charge in [0.1, 0.15) is 0 Å². The van der Waals surface area contributed by atoms with Crippen LogP contribution in [-0.2, 0) is 12.8 Å². The standard InChI is InChI=1S/C16H20N2S/c1-2-7-17-15(11-16-18-8-9-19-16)14-10-12-5-3-4-6-13(12)14/h3-6,8-9,14-15,17H,2,7,10-11H2,1H3. The van der Waals surface area contributed by atoms with Crippen LogP contribution in [0.15, 0.2) is 35.8 Å². The molecular formula is C16H20N2S. The Balaban J connectivity index is 1.73. The third-order valence-electron chi connectivity index (χ3n) is 3.91. The average molecular weight is 272 g/mol. The molecule has 2 atom stereocenters. The van der Waals surface area contributed by atoms with Gasteiger partial charge < -0.3 is 5.32 Å². The predicted octanol–water partition coefficient (Wildman–Crippen LogP) is 3.39. The van der Waals surface area contributed by atoms with Crippen LogP contribution in [0.25, 0.3) is 0 Å². The summed E-state index contributed by atoms with van der Waals surface area (Å²) >= 11 is 1.77. The van der Waals surface area contributed by atoms with E-state index in [1.807, 2.05) is 6.20 Å². The van der Waals surface area contributed by atoms with Crippen LogP contribution in [0.1, 0.15) is 35.4 Å². The number of thiazole rings is 1. The van der Waals surface area contributed by atoms with Gasteiger partial charge in [-0.05, 0) is 30.5 Å². The molecule has 2 unspecified atom stereocenters. The molecule has 1 aliphatic carbocycles. The van der Waals surface area contributed by atoms with E-state index < -0.39 is 0 Å². The maximum atomic E-state index is 4.44. The lowest BCUT2D eigenvalue weighted by molar-refractivity contribution is 0.397. The van der Waals surface area contributed by atoms with Gasteiger partial charge >= 0.3 is 0 Å². The van der Waals surface area contributed by atoms with Gasteiger partial charge in [0.25, 0.3) is 0 Å².